The molecule has 0 fully saturated rings. The standard InChI is InChI=1S/C18H20N2O5S/c1-4-19-12(2)9-14(13(19)3)16(21)10-25-18(22)11-26-17-8-6-5-7-15(17)20(23)24/h5-9H,4,10-11H2,1-3H3. The number of hydrogen-bond acceptors (Lipinski definition) is 6. The molecule has 2 aromatic rings. The van der Waals surface area contributed by atoms with E-state index in [1.54, 1.807) is 24.3 Å². The van der Waals surface area contributed by atoms with Gasteiger partial charge in [-0.15, -0.1) is 11.8 Å². The number of para-hydroxylation sites is 1. The van der Waals surface area contributed by atoms with Crippen LogP contribution in [0.3, 0.4) is 0 Å². The van der Waals surface area contributed by atoms with Gasteiger partial charge in [0.2, 0.25) is 5.78 Å². The zero-order chi connectivity index (χ0) is 19.3. The fourth-order valence-electron chi connectivity index (χ4n) is 2.70. The van der Waals surface area contributed by atoms with E-state index in [1.165, 1.54) is 6.07 Å². The van der Waals surface area contributed by atoms with E-state index in [9.17, 15) is 19.7 Å². The molecule has 26 heavy (non-hydrogen) atoms. The number of ether oxygens (including phenoxy) is 1. The number of nitro groups is 1. The predicted octanol–water partition coefficient (Wildman–Crippen LogP) is 3.55. The Morgan fingerprint density at radius 1 is 1.27 bits per heavy atom. The van der Waals surface area contributed by atoms with E-state index in [0.29, 0.717) is 10.5 Å². The molecule has 0 unspecified atom stereocenters. The van der Waals surface area contributed by atoms with Gasteiger partial charge in [-0.2, -0.15) is 0 Å². The highest BCUT2D eigenvalue weighted by Crippen LogP contribution is 2.28. The second-order valence-electron chi connectivity index (χ2n) is 5.63. The van der Waals surface area contributed by atoms with E-state index in [4.69, 9.17) is 4.74 Å². The fourth-order valence-corrected chi connectivity index (χ4v) is 3.52. The van der Waals surface area contributed by atoms with E-state index in [2.05, 4.69) is 0 Å². The van der Waals surface area contributed by atoms with Crippen molar-refractivity contribution >= 4 is 29.2 Å². The predicted molar refractivity (Wildman–Crippen MR) is 98.7 cm³/mol. The van der Waals surface area contributed by atoms with Gasteiger partial charge in [-0.3, -0.25) is 19.7 Å². The molecule has 0 aliphatic carbocycles. The van der Waals surface area contributed by atoms with Gasteiger partial charge in [0.25, 0.3) is 5.69 Å². The second-order valence-corrected chi connectivity index (χ2v) is 6.64. The lowest BCUT2D eigenvalue weighted by Gasteiger charge is -2.07. The van der Waals surface area contributed by atoms with Gasteiger partial charge >= 0.3 is 5.97 Å². The van der Waals surface area contributed by atoms with Crippen LogP contribution in [0.15, 0.2) is 35.2 Å². The van der Waals surface area contributed by atoms with Crippen molar-refractivity contribution in [1.82, 2.24) is 4.57 Å². The van der Waals surface area contributed by atoms with Crippen LogP contribution < -0.4 is 0 Å². The van der Waals surface area contributed by atoms with Gasteiger partial charge in [0.1, 0.15) is 0 Å². The number of Topliss-reactive ketones (excluding diaryl/α,β-unsaturated/α-hetero) is 1. The van der Waals surface area contributed by atoms with Crippen molar-refractivity contribution in [3.63, 3.8) is 0 Å². The number of benzene rings is 1. The van der Waals surface area contributed by atoms with Crippen molar-refractivity contribution in [3.05, 3.63) is 57.4 Å². The monoisotopic (exact) mass is 376 g/mol. The molecule has 8 heteroatoms. The summed E-state index contributed by atoms with van der Waals surface area (Å²) in [6.07, 6.45) is 0. The molecule has 1 aromatic carbocycles. The number of aryl methyl sites for hydroxylation is 1. The van der Waals surface area contributed by atoms with Crippen molar-refractivity contribution in [3.8, 4) is 0 Å². The van der Waals surface area contributed by atoms with Gasteiger partial charge in [-0.05, 0) is 32.9 Å². The first kappa shape index (κ1) is 19.7. The Morgan fingerprint density at radius 2 is 1.96 bits per heavy atom. The van der Waals surface area contributed by atoms with E-state index >= 15 is 0 Å². The first-order chi connectivity index (χ1) is 12.3. The number of carbonyl (C=O) groups is 2. The molecule has 0 saturated heterocycles. The molecule has 2 rings (SSSR count). The van der Waals surface area contributed by atoms with E-state index in [1.807, 2.05) is 25.3 Å². The summed E-state index contributed by atoms with van der Waals surface area (Å²) in [7, 11) is 0. The third-order valence-corrected chi connectivity index (χ3v) is 5.00. The Bertz CT molecular complexity index is 844. The SMILES string of the molecule is CCn1c(C)cc(C(=O)COC(=O)CSc2ccccc2[N+](=O)[O-])c1C. The molecule has 0 N–H and O–H groups in total. The topological polar surface area (TPSA) is 91.4 Å². The normalized spacial score (nSPS) is 10.6. The highest BCUT2D eigenvalue weighted by atomic mass is 32.2. The molecule has 0 bridgehead atoms. The molecule has 0 radical (unpaired) electrons. The summed E-state index contributed by atoms with van der Waals surface area (Å²) in [6, 6.07) is 7.96. The number of nitro benzene ring substituents is 1. The summed E-state index contributed by atoms with van der Waals surface area (Å²) in [5, 5.41) is 11.0. The molecule has 138 valence electrons. The first-order valence-corrected chi connectivity index (χ1v) is 9.05. The van der Waals surface area contributed by atoms with E-state index in [0.717, 1.165) is 29.7 Å². The Morgan fingerprint density at radius 3 is 2.58 bits per heavy atom. The van der Waals surface area contributed by atoms with E-state index in [-0.39, 0.29) is 23.8 Å². The number of esters is 1. The van der Waals surface area contributed by atoms with Crippen LogP contribution in [-0.2, 0) is 16.1 Å². The summed E-state index contributed by atoms with van der Waals surface area (Å²) in [5.74, 6) is -0.959. The molecule has 0 spiro atoms. The number of hydrogen-bond donors (Lipinski definition) is 0. The van der Waals surface area contributed by atoms with E-state index < -0.39 is 10.9 Å². The van der Waals surface area contributed by atoms with Crippen molar-refractivity contribution in [2.24, 2.45) is 0 Å². The number of nitrogens with zero attached hydrogens (tertiary/aromatic N) is 2. The fraction of sp³-hybridized carbons (Fsp3) is 0.333. The number of ketones is 1. The molecular formula is C18H20N2O5S. The molecule has 0 saturated carbocycles. The van der Waals surface area contributed by atoms with Crippen LogP contribution in [0.25, 0.3) is 0 Å². The third kappa shape index (κ3) is 4.51. The molecular weight excluding hydrogens is 356 g/mol. The summed E-state index contributed by atoms with van der Waals surface area (Å²) in [4.78, 5) is 35.0. The maximum Gasteiger partial charge on any atom is 0.316 e. The van der Waals surface area contributed by atoms with Gasteiger partial charge < -0.3 is 9.30 Å². The van der Waals surface area contributed by atoms with Crippen molar-refractivity contribution < 1.29 is 19.2 Å². The van der Waals surface area contributed by atoms with Crippen molar-refractivity contribution in [2.45, 2.75) is 32.2 Å². The largest absolute Gasteiger partial charge is 0.457 e. The van der Waals surface area contributed by atoms with Gasteiger partial charge in [-0.25, -0.2) is 0 Å². The average Bonchev–Trinajstić information content (AvgIpc) is 2.91. The Kier molecular flexibility index (Phi) is 6.57. The molecule has 0 aliphatic rings. The highest BCUT2D eigenvalue weighted by Gasteiger charge is 2.18. The average molecular weight is 376 g/mol. The number of carbonyl (C=O) groups excluding carboxylic acids is 2. The minimum Gasteiger partial charge on any atom is -0.457 e. The molecule has 0 atom stereocenters. The highest BCUT2D eigenvalue weighted by molar-refractivity contribution is 8.00. The zero-order valence-corrected chi connectivity index (χ0v) is 15.7. The van der Waals surface area contributed by atoms with Crippen LogP contribution in [0, 0.1) is 24.0 Å². The maximum absolute atomic E-state index is 12.3. The van der Waals surface area contributed by atoms with Crippen molar-refractivity contribution in [2.75, 3.05) is 12.4 Å². The zero-order valence-electron chi connectivity index (χ0n) is 14.9. The van der Waals surface area contributed by atoms with Crippen molar-refractivity contribution in [1.29, 1.82) is 0 Å². The second kappa shape index (κ2) is 8.66. The van der Waals surface area contributed by atoms with Crippen LogP contribution in [0.1, 0.15) is 28.7 Å². The lowest BCUT2D eigenvalue weighted by Crippen LogP contribution is -2.16. The Balaban J connectivity index is 1.91. The number of thioether (sulfide) groups is 1. The molecule has 0 aliphatic heterocycles. The van der Waals surface area contributed by atoms with Gasteiger partial charge in [0.05, 0.1) is 15.6 Å². The van der Waals surface area contributed by atoms with Crippen LogP contribution >= 0.6 is 11.8 Å². The lowest BCUT2D eigenvalue weighted by molar-refractivity contribution is -0.387. The van der Waals surface area contributed by atoms with Crippen LogP contribution in [0.4, 0.5) is 5.69 Å². The molecule has 7 nitrogen and oxygen atoms in total. The first-order valence-electron chi connectivity index (χ1n) is 8.06. The molecule has 1 aromatic heterocycles. The smallest absolute Gasteiger partial charge is 0.316 e. The maximum atomic E-state index is 12.3. The molecule has 0 amide bonds. The number of aromatic nitrogens is 1. The summed E-state index contributed by atoms with van der Waals surface area (Å²) in [5.41, 5.74) is 2.31. The van der Waals surface area contributed by atoms with Gasteiger partial charge in [0.15, 0.2) is 6.61 Å². The van der Waals surface area contributed by atoms with Gasteiger partial charge in [0, 0.05) is 29.6 Å². The quantitative estimate of drug-likeness (QED) is 0.230. The molecule has 1 heterocycles. The lowest BCUT2D eigenvalue weighted by atomic mass is 10.1. The summed E-state index contributed by atoms with van der Waals surface area (Å²) in [6.45, 7) is 6.19. The Labute approximate surface area is 155 Å². The third-order valence-electron chi connectivity index (χ3n) is 3.96. The minimum absolute atomic E-state index is 0.0617. The summed E-state index contributed by atoms with van der Waals surface area (Å²) < 4.78 is 7.04. The van der Waals surface area contributed by atoms with Crippen LogP contribution in [-0.4, -0.2) is 33.6 Å². The number of rotatable bonds is 8. The van der Waals surface area contributed by atoms with Crippen LogP contribution in [0.2, 0.25) is 0 Å². The van der Waals surface area contributed by atoms with Gasteiger partial charge in [-0.1, -0.05) is 12.1 Å². The summed E-state index contributed by atoms with van der Waals surface area (Å²) >= 11 is 1.01. The van der Waals surface area contributed by atoms with Crippen LogP contribution in [0.5, 0.6) is 0 Å². The Hall–Kier alpha value is -2.61. The minimum atomic E-state index is -0.592.